The van der Waals surface area contributed by atoms with E-state index in [9.17, 15) is 35.9 Å². The van der Waals surface area contributed by atoms with Crippen molar-refractivity contribution in [3.63, 3.8) is 0 Å². The third-order valence-electron chi connectivity index (χ3n) is 5.90. The molecule has 0 bridgehead atoms. The van der Waals surface area contributed by atoms with Gasteiger partial charge in [0.25, 0.3) is 5.91 Å². The van der Waals surface area contributed by atoms with Crippen molar-refractivity contribution in [3.8, 4) is 5.75 Å². The van der Waals surface area contributed by atoms with Gasteiger partial charge in [0.05, 0.1) is 12.2 Å². The van der Waals surface area contributed by atoms with E-state index in [0.29, 0.717) is 10.8 Å². The lowest BCUT2D eigenvalue weighted by Gasteiger charge is -2.29. The summed E-state index contributed by atoms with van der Waals surface area (Å²) in [6.45, 7) is 0.213. The molecule has 34 heavy (non-hydrogen) atoms. The Kier molecular flexibility index (Phi) is 7.62. The van der Waals surface area contributed by atoms with Crippen LogP contribution in [0.15, 0.2) is 36.4 Å². The lowest BCUT2D eigenvalue weighted by molar-refractivity contribution is -0.290. The van der Waals surface area contributed by atoms with Crippen LogP contribution in [0, 0.1) is 11.8 Å². The maximum absolute atomic E-state index is 13.1. The van der Waals surface area contributed by atoms with Crippen molar-refractivity contribution in [2.75, 3.05) is 6.61 Å². The first-order valence-corrected chi connectivity index (χ1v) is 10.7. The van der Waals surface area contributed by atoms with Crippen molar-refractivity contribution in [2.24, 2.45) is 11.8 Å². The highest BCUT2D eigenvalue weighted by molar-refractivity contribution is 6.04. The van der Waals surface area contributed by atoms with Crippen LogP contribution in [0.2, 0.25) is 0 Å². The summed E-state index contributed by atoms with van der Waals surface area (Å²) < 4.78 is 84.7. The normalized spacial score (nSPS) is 16.4. The third kappa shape index (κ3) is 5.92. The minimum Gasteiger partial charge on any atom is -0.492 e. The van der Waals surface area contributed by atoms with Gasteiger partial charge in [-0.25, -0.2) is 4.79 Å². The highest BCUT2D eigenvalue weighted by atomic mass is 19.4. The van der Waals surface area contributed by atoms with Crippen LogP contribution in [0.1, 0.15) is 42.5 Å². The molecule has 1 aliphatic rings. The molecular formula is C23H23F6NO4. The van der Waals surface area contributed by atoms with E-state index in [0.717, 1.165) is 32.1 Å². The van der Waals surface area contributed by atoms with Crippen LogP contribution in [0.25, 0.3) is 10.8 Å². The number of benzene rings is 2. The van der Waals surface area contributed by atoms with Crippen molar-refractivity contribution in [1.82, 2.24) is 5.32 Å². The summed E-state index contributed by atoms with van der Waals surface area (Å²) in [5, 5.41) is 11.6. The Morgan fingerprint density at radius 3 is 2.18 bits per heavy atom. The van der Waals surface area contributed by atoms with E-state index in [1.54, 1.807) is 24.3 Å². The number of carboxylic acid groups (broad SMARTS) is 1. The van der Waals surface area contributed by atoms with Gasteiger partial charge in [0, 0.05) is 5.39 Å². The van der Waals surface area contributed by atoms with E-state index in [1.807, 2.05) is 0 Å². The van der Waals surface area contributed by atoms with Gasteiger partial charge in [-0.1, -0.05) is 49.6 Å². The van der Waals surface area contributed by atoms with Gasteiger partial charge in [-0.05, 0) is 30.2 Å². The zero-order valence-electron chi connectivity index (χ0n) is 17.9. The van der Waals surface area contributed by atoms with E-state index in [2.05, 4.69) is 0 Å². The van der Waals surface area contributed by atoms with Crippen LogP contribution < -0.4 is 10.1 Å². The molecule has 1 amide bonds. The molecule has 1 atom stereocenters. The smallest absolute Gasteiger partial charge is 0.403 e. The van der Waals surface area contributed by atoms with E-state index >= 15 is 0 Å². The molecule has 0 aromatic heterocycles. The first kappa shape index (κ1) is 25.6. The van der Waals surface area contributed by atoms with Crippen LogP contribution in [0.4, 0.5) is 26.3 Å². The molecule has 1 unspecified atom stereocenters. The van der Waals surface area contributed by atoms with Gasteiger partial charge in [0.2, 0.25) is 0 Å². The number of rotatable bonds is 7. The summed E-state index contributed by atoms with van der Waals surface area (Å²) in [5.74, 6) is -7.97. The number of carbonyl (C=O) groups is 2. The quantitative estimate of drug-likeness (QED) is 0.486. The topological polar surface area (TPSA) is 75.6 Å². The number of hydrogen-bond donors (Lipinski definition) is 2. The van der Waals surface area contributed by atoms with Crippen LogP contribution in [-0.2, 0) is 4.79 Å². The Balaban J connectivity index is 1.96. The molecule has 2 aromatic carbocycles. The van der Waals surface area contributed by atoms with Gasteiger partial charge >= 0.3 is 18.3 Å². The van der Waals surface area contributed by atoms with Crippen LogP contribution in [0.3, 0.4) is 0 Å². The van der Waals surface area contributed by atoms with E-state index in [4.69, 9.17) is 9.84 Å². The fraction of sp³-hybridized carbons (Fsp3) is 0.478. The lowest BCUT2D eigenvalue weighted by Crippen LogP contribution is -2.56. The second-order valence-corrected chi connectivity index (χ2v) is 8.33. The molecule has 1 saturated carbocycles. The number of hydrogen-bond acceptors (Lipinski definition) is 3. The van der Waals surface area contributed by atoms with Crippen LogP contribution in [0.5, 0.6) is 5.75 Å². The predicted octanol–water partition coefficient (Wildman–Crippen LogP) is 5.72. The van der Waals surface area contributed by atoms with Crippen LogP contribution >= 0.6 is 0 Å². The SMILES string of the molecule is O=C(NC(C(=O)O)C(C(F)(F)F)C(F)(F)F)c1ccc2ccccc2c1OCC1CCCCC1. The molecule has 0 aliphatic heterocycles. The Morgan fingerprint density at radius 2 is 1.59 bits per heavy atom. The monoisotopic (exact) mass is 491 g/mol. The van der Waals surface area contributed by atoms with Gasteiger partial charge in [-0.2, -0.15) is 26.3 Å². The molecular weight excluding hydrogens is 468 g/mol. The van der Waals surface area contributed by atoms with Gasteiger partial charge in [0.1, 0.15) is 11.8 Å². The Morgan fingerprint density at radius 1 is 0.971 bits per heavy atom. The number of nitrogens with one attached hydrogen (secondary N) is 1. The number of alkyl halides is 6. The molecule has 1 fully saturated rings. The molecule has 3 rings (SSSR count). The number of halogens is 6. The van der Waals surface area contributed by atoms with Crippen LogP contribution in [-0.4, -0.2) is 42.0 Å². The molecule has 0 spiro atoms. The first-order chi connectivity index (χ1) is 15.9. The summed E-state index contributed by atoms with van der Waals surface area (Å²) in [6, 6.07) is 6.04. The summed E-state index contributed by atoms with van der Waals surface area (Å²) in [5.41, 5.74) is -0.344. The fourth-order valence-corrected chi connectivity index (χ4v) is 4.20. The highest BCUT2D eigenvalue weighted by Crippen LogP contribution is 2.42. The fourth-order valence-electron chi connectivity index (χ4n) is 4.20. The zero-order valence-corrected chi connectivity index (χ0v) is 17.9. The predicted molar refractivity (Wildman–Crippen MR) is 111 cm³/mol. The van der Waals surface area contributed by atoms with Gasteiger partial charge < -0.3 is 15.2 Å². The molecule has 0 heterocycles. The van der Waals surface area contributed by atoms with Crippen molar-refractivity contribution in [2.45, 2.75) is 50.5 Å². The molecule has 2 aromatic rings. The first-order valence-electron chi connectivity index (χ1n) is 10.7. The Labute approximate surface area is 191 Å². The molecule has 186 valence electrons. The second-order valence-electron chi connectivity index (χ2n) is 8.33. The number of amides is 1. The minimum absolute atomic E-state index is 0.0131. The van der Waals surface area contributed by atoms with E-state index in [-0.39, 0.29) is 23.8 Å². The lowest BCUT2D eigenvalue weighted by atomic mass is 9.90. The second kappa shape index (κ2) is 10.1. The number of carboxylic acids is 1. The number of ether oxygens (including phenoxy) is 1. The van der Waals surface area contributed by atoms with Crippen molar-refractivity contribution in [3.05, 3.63) is 42.0 Å². The van der Waals surface area contributed by atoms with E-state index < -0.39 is 36.2 Å². The number of aliphatic carboxylic acids is 1. The molecule has 0 radical (unpaired) electrons. The standard InChI is InChI=1S/C23H23F6NO4/c24-22(25,26)19(23(27,28)29)17(21(32)33)30-20(31)16-11-10-14-8-4-5-9-15(14)18(16)34-12-13-6-2-1-3-7-13/h4-5,8-11,13,17,19H,1-3,6-7,12H2,(H,30,31)(H,32,33). The molecule has 1 aliphatic carbocycles. The summed E-state index contributed by atoms with van der Waals surface area (Å²) in [7, 11) is 0. The third-order valence-corrected chi connectivity index (χ3v) is 5.90. The molecule has 11 heteroatoms. The van der Waals surface area contributed by atoms with Crippen molar-refractivity contribution in [1.29, 1.82) is 0 Å². The maximum Gasteiger partial charge on any atom is 0.403 e. The largest absolute Gasteiger partial charge is 0.492 e. The Hall–Kier alpha value is -2.98. The molecule has 5 nitrogen and oxygen atoms in total. The maximum atomic E-state index is 13.1. The summed E-state index contributed by atoms with van der Waals surface area (Å²) in [6.07, 6.45) is -7.00. The van der Waals surface area contributed by atoms with Gasteiger partial charge in [-0.15, -0.1) is 0 Å². The number of fused-ring (bicyclic) bond motifs is 1. The van der Waals surface area contributed by atoms with E-state index in [1.165, 1.54) is 17.4 Å². The minimum atomic E-state index is -5.95. The highest BCUT2D eigenvalue weighted by Gasteiger charge is 2.62. The number of carbonyl (C=O) groups excluding carboxylic acids is 1. The zero-order chi connectivity index (χ0) is 25.1. The molecule has 2 N–H and O–H groups in total. The van der Waals surface area contributed by atoms with Gasteiger partial charge in [0.15, 0.2) is 5.92 Å². The Bertz CT molecular complexity index is 1020. The average Bonchev–Trinajstić information content (AvgIpc) is 2.75. The summed E-state index contributed by atoms with van der Waals surface area (Å²) >= 11 is 0. The van der Waals surface area contributed by atoms with Crippen molar-refractivity contribution < 1.29 is 45.8 Å². The summed E-state index contributed by atoms with van der Waals surface area (Å²) in [4.78, 5) is 24.2. The average molecular weight is 491 g/mol. The van der Waals surface area contributed by atoms with Crippen molar-refractivity contribution >= 4 is 22.6 Å². The van der Waals surface area contributed by atoms with Gasteiger partial charge in [-0.3, -0.25) is 4.79 Å². The molecule has 0 saturated heterocycles.